The lowest BCUT2D eigenvalue weighted by Gasteiger charge is -2.32. The third-order valence-corrected chi connectivity index (χ3v) is 2.99. The van der Waals surface area contributed by atoms with Gasteiger partial charge >= 0.3 is 12.2 Å². The summed E-state index contributed by atoms with van der Waals surface area (Å²) in [5.41, 5.74) is 0. The Morgan fingerprint density at radius 3 is 2.58 bits per heavy atom. The number of amides is 3. The van der Waals surface area contributed by atoms with E-state index in [1.54, 1.807) is 5.32 Å². The second-order valence-electron chi connectivity index (χ2n) is 4.66. The lowest BCUT2D eigenvalue weighted by Crippen LogP contribution is -2.49. The van der Waals surface area contributed by atoms with Crippen LogP contribution in [0.4, 0.5) is 18.0 Å². The number of urea groups is 1. The molecule has 0 radical (unpaired) electrons. The predicted octanol–water partition coefficient (Wildman–Crippen LogP) is 1.25. The first kappa shape index (κ1) is 15.7. The number of carbonyl (C=O) groups is 2. The van der Waals surface area contributed by atoms with E-state index >= 15 is 0 Å². The standard InChI is InChI=1S/C11H18F3N3O2/c1-8-4-2-3-5-17(8)6-9(18)16-10(19)15-7-11(12,13)14/h8H,2-7H2,1H3,(H2,15,16,18,19). The number of piperidine rings is 1. The summed E-state index contributed by atoms with van der Waals surface area (Å²) >= 11 is 0. The highest BCUT2D eigenvalue weighted by atomic mass is 19.4. The minimum Gasteiger partial charge on any atom is -0.329 e. The Morgan fingerprint density at radius 2 is 2.00 bits per heavy atom. The molecule has 0 spiro atoms. The van der Waals surface area contributed by atoms with Gasteiger partial charge in [0.1, 0.15) is 6.54 Å². The highest BCUT2D eigenvalue weighted by molar-refractivity contribution is 5.95. The highest BCUT2D eigenvalue weighted by Crippen LogP contribution is 2.15. The van der Waals surface area contributed by atoms with E-state index in [1.807, 2.05) is 17.1 Å². The Morgan fingerprint density at radius 1 is 1.32 bits per heavy atom. The van der Waals surface area contributed by atoms with Crippen molar-refractivity contribution in [2.75, 3.05) is 19.6 Å². The van der Waals surface area contributed by atoms with Gasteiger partial charge in [-0.3, -0.25) is 15.0 Å². The van der Waals surface area contributed by atoms with Crippen molar-refractivity contribution in [3.8, 4) is 0 Å². The van der Waals surface area contributed by atoms with Crippen LogP contribution in [0.5, 0.6) is 0 Å². The number of carbonyl (C=O) groups excluding carboxylic acids is 2. The summed E-state index contributed by atoms with van der Waals surface area (Å²) in [6, 6.07) is -0.871. The van der Waals surface area contributed by atoms with Gasteiger partial charge in [-0.15, -0.1) is 0 Å². The third-order valence-electron chi connectivity index (χ3n) is 2.99. The first-order valence-corrected chi connectivity index (χ1v) is 6.16. The van der Waals surface area contributed by atoms with Gasteiger partial charge in [0, 0.05) is 6.04 Å². The molecule has 0 aromatic rings. The van der Waals surface area contributed by atoms with E-state index in [0.717, 1.165) is 25.8 Å². The third kappa shape index (κ3) is 6.42. The number of hydrogen-bond donors (Lipinski definition) is 2. The summed E-state index contributed by atoms with van der Waals surface area (Å²) < 4.78 is 35.5. The minimum atomic E-state index is -4.48. The molecule has 5 nitrogen and oxygen atoms in total. The summed E-state index contributed by atoms with van der Waals surface area (Å²) in [5.74, 6) is -0.589. The summed E-state index contributed by atoms with van der Waals surface area (Å²) in [4.78, 5) is 24.5. The lowest BCUT2D eigenvalue weighted by atomic mass is 10.0. The molecule has 1 saturated heterocycles. The monoisotopic (exact) mass is 281 g/mol. The Balaban J connectivity index is 2.28. The summed E-state index contributed by atoms with van der Waals surface area (Å²) in [5, 5.41) is 3.48. The number of rotatable bonds is 3. The van der Waals surface area contributed by atoms with Crippen LogP contribution < -0.4 is 10.6 Å². The van der Waals surface area contributed by atoms with E-state index in [0.29, 0.717) is 0 Å². The average molecular weight is 281 g/mol. The molecule has 19 heavy (non-hydrogen) atoms. The van der Waals surface area contributed by atoms with Gasteiger partial charge in [-0.2, -0.15) is 13.2 Å². The van der Waals surface area contributed by atoms with Gasteiger partial charge in [-0.25, -0.2) is 4.79 Å². The van der Waals surface area contributed by atoms with E-state index in [-0.39, 0.29) is 12.6 Å². The number of imide groups is 1. The van der Waals surface area contributed by atoms with Crippen LogP contribution >= 0.6 is 0 Å². The molecule has 0 bridgehead atoms. The van der Waals surface area contributed by atoms with Crippen LogP contribution in [-0.4, -0.2) is 48.7 Å². The molecule has 3 amide bonds. The second-order valence-corrected chi connectivity index (χ2v) is 4.66. The van der Waals surface area contributed by atoms with Crippen molar-refractivity contribution in [1.82, 2.24) is 15.5 Å². The van der Waals surface area contributed by atoms with E-state index < -0.39 is 24.7 Å². The quantitative estimate of drug-likeness (QED) is 0.818. The van der Waals surface area contributed by atoms with E-state index in [1.165, 1.54) is 0 Å². The number of nitrogens with one attached hydrogen (secondary N) is 2. The number of alkyl halides is 3. The maximum Gasteiger partial charge on any atom is 0.405 e. The first-order chi connectivity index (χ1) is 8.78. The Kier molecular flexibility index (Phi) is 5.59. The topological polar surface area (TPSA) is 61.4 Å². The fourth-order valence-electron chi connectivity index (χ4n) is 1.97. The predicted molar refractivity (Wildman–Crippen MR) is 62.5 cm³/mol. The first-order valence-electron chi connectivity index (χ1n) is 6.16. The largest absolute Gasteiger partial charge is 0.405 e. The van der Waals surface area contributed by atoms with Crippen LogP contribution in [0, 0.1) is 0 Å². The van der Waals surface area contributed by atoms with Crippen molar-refractivity contribution >= 4 is 11.9 Å². The molecule has 0 aromatic carbocycles. The molecule has 1 fully saturated rings. The number of halogens is 3. The van der Waals surface area contributed by atoms with Gasteiger partial charge in [-0.05, 0) is 26.3 Å². The molecule has 8 heteroatoms. The van der Waals surface area contributed by atoms with Crippen molar-refractivity contribution in [3.63, 3.8) is 0 Å². The smallest absolute Gasteiger partial charge is 0.329 e. The zero-order chi connectivity index (χ0) is 14.5. The molecule has 1 heterocycles. The van der Waals surface area contributed by atoms with Gasteiger partial charge < -0.3 is 5.32 Å². The van der Waals surface area contributed by atoms with Crippen LogP contribution in [0.2, 0.25) is 0 Å². The molecule has 2 N–H and O–H groups in total. The van der Waals surface area contributed by atoms with Crippen LogP contribution in [0.25, 0.3) is 0 Å². The van der Waals surface area contributed by atoms with Gasteiger partial charge in [-0.1, -0.05) is 6.42 Å². The van der Waals surface area contributed by atoms with Crippen LogP contribution in [-0.2, 0) is 4.79 Å². The number of nitrogens with zero attached hydrogens (tertiary/aromatic N) is 1. The Hall–Kier alpha value is -1.31. The maximum absolute atomic E-state index is 11.8. The zero-order valence-corrected chi connectivity index (χ0v) is 10.7. The van der Waals surface area contributed by atoms with Crippen molar-refractivity contribution in [2.24, 2.45) is 0 Å². The van der Waals surface area contributed by atoms with Crippen LogP contribution in [0.15, 0.2) is 0 Å². The highest BCUT2D eigenvalue weighted by Gasteiger charge is 2.28. The van der Waals surface area contributed by atoms with Crippen molar-refractivity contribution in [1.29, 1.82) is 0 Å². The molecule has 110 valence electrons. The van der Waals surface area contributed by atoms with Gasteiger partial charge in [0.05, 0.1) is 6.54 Å². The summed E-state index contributed by atoms with van der Waals surface area (Å²) in [6.45, 7) is 1.32. The fourth-order valence-corrected chi connectivity index (χ4v) is 1.97. The van der Waals surface area contributed by atoms with Gasteiger partial charge in [0.2, 0.25) is 5.91 Å². The Bertz CT molecular complexity index is 334. The SMILES string of the molecule is CC1CCCCN1CC(=O)NC(=O)NCC(F)(F)F. The molecule has 0 aliphatic carbocycles. The van der Waals surface area contributed by atoms with Crippen molar-refractivity contribution in [2.45, 2.75) is 38.4 Å². The van der Waals surface area contributed by atoms with E-state index in [4.69, 9.17) is 0 Å². The van der Waals surface area contributed by atoms with Crippen molar-refractivity contribution in [3.05, 3.63) is 0 Å². The van der Waals surface area contributed by atoms with Crippen molar-refractivity contribution < 1.29 is 22.8 Å². The summed E-state index contributed by atoms with van der Waals surface area (Å²) in [6.07, 6.45) is -1.42. The van der Waals surface area contributed by atoms with Crippen LogP contribution in [0.3, 0.4) is 0 Å². The van der Waals surface area contributed by atoms with Gasteiger partial charge in [0.25, 0.3) is 0 Å². The average Bonchev–Trinajstić information content (AvgIpc) is 2.29. The zero-order valence-electron chi connectivity index (χ0n) is 10.7. The molecule has 1 aliphatic heterocycles. The molecule has 0 saturated carbocycles. The number of likely N-dealkylation sites (tertiary alicyclic amines) is 1. The molecule has 0 aromatic heterocycles. The molecule has 1 rings (SSSR count). The molecule has 1 unspecified atom stereocenters. The van der Waals surface area contributed by atoms with Gasteiger partial charge in [0.15, 0.2) is 0 Å². The minimum absolute atomic E-state index is 0.0284. The molecular weight excluding hydrogens is 263 g/mol. The number of hydrogen-bond acceptors (Lipinski definition) is 3. The molecular formula is C11H18F3N3O2. The Labute approximate surface area is 109 Å². The summed E-state index contributed by atoms with van der Waals surface area (Å²) in [7, 11) is 0. The lowest BCUT2D eigenvalue weighted by molar-refractivity contribution is -0.125. The maximum atomic E-state index is 11.8. The fraction of sp³-hybridized carbons (Fsp3) is 0.818. The van der Waals surface area contributed by atoms with E-state index in [2.05, 4.69) is 0 Å². The van der Waals surface area contributed by atoms with Crippen LogP contribution in [0.1, 0.15) is 26.2 Å². The molecule has 1 atom stereocenters. The second kappa shape index (κ2) is 6.74. The normalized spacial score (nSPS) is 20.9. The van der Waals surface area contributed by atoms with E-state index in [9.17, 15) is 22.8 Å². The molecule has 1 aliphatic rings.